The van der Waals surface area contributed by atoms with Crippen LogP contribution in [0.2, 0.25) is 0 Å². The molecule has 1 aromatic carbocycles. The monoisotopic (exact) mass is 236 g/mol. The van der Waals surface area contributed by atoms with Crippen LogP contribution in [0.3, 0.4) is 0 Å². The van der Waals surface area contributed by atoms with E-state index < -0.39 is 0 Å². The Balaban J connectivity index is 2.72. The Hall–Kier alpha value is -1.51. The van der Waals surface area contributed by atoms with Crippen LogP contribution in [0, 0.1) is 5.92 Å². The Morgan fingerprint density at radius 3 is 2.65 bits per heavy atom. The molecular weight excluding hydrogens is 216 g/mol. The lowest BCUT2D eigenvalue weighted by Gasteiger charge is -2.12. The van der Waals surface area contributed by atoms with Gasteiger partial charge in [-0.1, -0.05) is 27.2 Å². The maximum atomic E-state index is 11.5. The van der Waals surface area contributed by atoms with Crippen molar-refractivity contribution >= 4 is 5.78 Å². The third-order valence-corrected chi connectivity index (χ3v) is 2.82. The van der Waals surface area contributed by atoms with Crippen LogP contribution in [0.4, 0.5) is 0 Å². The summed E-state index contributed by atoms with van der Waals surface area (Å²) >= 11 is 0. The van der Waals surface area contributed by atoms with Gasteiger partial charge in [0.15, 0.2) is 5.78 Å². The maximum absolute atomic E-state index is 11.5. The Bertz CT molecular complexity index is 385. The second kappa shape index (κ2) is 6.28. The van der Waals surface area contributed by atoms with Crippen LogP contribution in [0.5, 0.6) is 11.5 Å². The van der Waals surface area contributed by atoms with Gasteiger partial charge in [-0.25, -0.2) is 0 Å². The van der Waals surface area contributed by atoms with Crippen LogP contribution in [0.1, 0.15) is 44.0 Å². The second-order valence-corrected chi connectivity index (χ2v) is 4.28. The molecule has 1 unspecified atom stereocenters. The van der Waals surface area contributed by atoms with Crippen LogP contribution in [0.15, 0.2) is 18.2 Å². The summed E-state index contributed by atoms with van der Waals surface area (Å²) in [6.07, 6.45) is 1.44. The molecule has 0 aliphatic carbocycles. The standard InChI is InChI=1S/C14H20O3/c1-4-10(3)9-17-11-6-7-12(13(15)5-2)14(16)8-11/h6-8,10,16H,4-5,9H2,1-3H3. The minimum atomic E-state index is -0.0593. The average molecular weight is 236 g/mol. The maximum Gasteiger partial charge on any atom is 0.166 e. The topological polar surface area (TPSA) is 46.5 Å². The molecule has 3 heteroatoms. The van der Waals surface area contributed by atoms with E-state index in [1.54, 1.807) is 19.1 Å². The van der Waals surface area contributed by atoms with E-state index in [-0.39, 0.29) is 11.5 Å². The van der Waals surface area contributed by atoms with Gasteiger partial charge in [0.1, 0.15) is 11.5 Å². The largest absolute Gasteiger partial charge is 0.507 e. The molecule has 0 aliphatic rings. The summed E-state index contributed by atoms with van der Waals surface area (Å²) in [5.41, 5.74) is 0.364. The van der Waals surface area contributed by atoms with Gasteiger partial charge in [0.2, 0.25) is 0 Å². The summed E-state index contributed by atoms with van der Waals surface area (Å²) in [7, 11) is 0. The first-order valence-electron chi connectivity index (χ1n) is 6.07. The lowest BCUT2D eigenvalue weighted by atomic mass is 10.1. The zero-order chi connectivity index (χ0) is 12.8. The van der Waals surface area contributed by atoms with Crippen LogP contribution >= 0.6 is 0 Å². The lowest BCUT2D eigenvalue weighted by Crippen LogP contribution is -2.07. The van der Waals surface area contributed by atoms with Crippen LogP contribution in [-0.2, 0) is 0 Å². The smallest absolute Gasteiger partial charge is 0.166 e. The Morgan fingerprint density at radius 2 is 2.12 bits per heavy atom. The Kier molecular flexibility index (Phi) is 5.01. The third-order valence-electron chi connectivity index (χ3n) is 2.82. The van der Waals surface area contributed by atoms with E-state index in [2.05, 4.69) is 13.8 Å². The summed E-state index contributed by atoms with van der Waals surface area (Å²) < 4.78 is 5.54. The number of rotatable bonds is 6. The average Bonchev–Trinajstić information content (AvgIpc) is 2.35. The van der Waals surface area contributed by atoms with Crippen molar-refractivity contribution in [2.75, 3.05) is 6.61 Å². The van der Waals surface area contributed by atoms with Crippen molar-refractivity contribution in [1.29, 1.82) is 0 Å². The molecule has 0 heterocycles. The number of ether oxygens (including phenoxy) is 1. The highest BCUT2D eigenvalue weighted by molar-refractivity contribution is 5.98. The van der Waals surface area contributed by atoms with Crippen molar-refractivity contribution in [3.05, 3.63) is 23.8 Å². The molecule has 0 bridgehead atoms. The predicted octanol–water partition coefficient (Wildman–Crippen LogP) is 3.41. The quantitative estimate of drug-likeness (QED) is 0.770. The molecule has 17 heavy (non-hydrogen) atoms. The second-order valence-electron chi connectivity index (χ2n) is 4.28. The van der Waals surface area contributed by atoms with Gasteiger partial charge in [-0.2, -0.15) is 0 Å². The SMILES string of the molecule is CCC(=O)c1ccc(OCC(C)CC)cc1O. The Morgan fingerprint density at radius 1 is 1.41 bits per heavy atom. The molecule has 0 aromatic heterocycles. The molecule has 3 nitrogen and oxygen atoms in total. The zero-order valence-corrected chi connectivity index (χ0v) is 10.7. The highest BCUT2D eigenvalue weighted by Gasteiger charge is 2.10. The number of carbonyl (C=O) groups is 1. The minimum Gasteiger partial charge on any atom is -0.507 e. The number of hydrogen-bond donors (Lipinski definition) is 1. The summed E-state index contributed by atoms with van der Waals surface area (Å²) in [5, 5.41) is 9.71. The fourth-order valence-electron chi connectivity index (χ4n) is 1.38. The van der Waals surface area contributed by atoms with Crippen LogP contribution in [-0.4, -0.2) is 17.5 Å². The summed E-state index contributed by atoms with van der Waals surface area (Å²) in [5.74, 6) is 1.03. The van der Waals surface area contributed by atoms with Gasteiger partial charge in [0.05, 0.1) is 12.2 Å². The van der Waals surface area contributed by atoms with Gasteiger partial charge in [0.25, 0.3) is 0 Å². The normalized spacial score (nSPS) is 12.2. The number of ketones is 1. The van der Waals surface area contributed by atoms with Crippen molar-refractivity contribution in [2.24, 2.45) is 5.92 Å². The molecule has 0 aliphatic heterocycles. The molecule has 1 atom stereocenters. The summed E-state index contributed by atoms with van der Waals surface area (Å²) in [4.78, 5) is 11.5. The van der Waals surface area contributed by atoms with Gasteiger partial charge in [-0.15, -0.1) is 0 Å². The molecular formula is C14H20O3. The predicted molar refractivity (Wildman–Crippen MR) is 67.7 cm³/mol. The number of aromatic hydroxyl groups is 1. The van der Waals surface area contributed by atoms with Crippen LogP contribution < -0.4 is 4.74 Å². The molecule has 1 N–H and O–H groups in total. The van der Waals surface area contributed by atoms with Crippen molar-refractivity contribution in [1.82, 2.24) is 0 Å². The first kappa shape index (κ1) is 13.6. The first-order chi connectivity index (χ1) is 8.08. The molecule has 1 aromatic rings. The first-order valence-corrected chi connectivity index (χ1v) is 6.07. The van der Waals surface area contributed by atoms with Crippen molar-refractivity contribution in [3.8, 4) is 11.5 Å². The molecule has 0 radical (unpaired) electrons. The van der Waals surface area contributed by atoms with E-state index in [1.807, 2.05) is 0 Å². The van der Waals surface area contributed by atoms with Gasteiger partial charge >= 0.3 is 0 Å². The Labute approximate surface area is 102 Å². The fraction of sp³-hybridized carbons (Fsp3) is 0.500. The van der Waals surface area contributed by atoms with Gasteiger partial charge in [-0.3, -0.25) is 4.79 Å². The van der Waals surface area contributed by atoms with Crippen molar-refractivity contribution in [3.63, 3.8) is 0 Å². The van der Waals surface area contributed by atoms with Crippen LogP contribution in [0.25, 0.3) is 0 Å². The minimum absolute atomic E-state index is 0.00139. The number of phenols is 1. The summed E-state index contributed by atoms with van der Waals surface area (Å²) in [6, 6.07) is 4.85. The highest BCUT2D eigenvalue weighted by Crippen LogP contribution is 2.25. The van der Waals surface area contributed by atoms with E-state index in [1.165, 1.54) is 6.07 Å². The zero-order valence-electron chi connectivity index (χ0n) is 10.7. The van der Waals surface area contributed by atoms with E-state index >= 15 is 0 Å². The number of Topliss-reactive ketones (excluding diaryl/α,β-unsaturated/α-hetero) is 1. The fourth-order valence-corrected chi connectivity index (χ4v) is 1.38. The van der Waals surface area contributed by atoms with Gasteiger partial charge in [0, 0.05) is 12.5 Å². The highest BCUT2D eigenvalue weighted by atomic mass is 16.5. The number of phenolic OH excluding ortho intramolecular Hbond substituents is 1. The molecule has 0 amide bonds. The van der Waals surface area contributed by atoms with Gasteiger partial charge < -0.3 is 9.84 Å². The number of hydrogen-bond acceptors (Lipinski definition) is 3. The van der Waals surface area contributed by atoms with Crippen molar-refractivity contribution < 1.29 is 14.6 Å². The number of benzene rings is 1. The molecule has 94 valence electrons. The molecule has 0 fully saturated rings. The molecule has 0 saturated heterocycles. The van der Waals surface area contributed by atoms with Crippen molar-refractivity contribution in [2.45, 2.75) is 33.6 Å². The summed E-state index contributed by atoms with van der Waals surface area (Å²) in [6.45, 7) is 6.61. The molecule has 1 rings (SSSR count). The molecule has 0 saturated carbocycles. The number of carbonyl (C=O) groups excluding carboxylic acids is 1. The molecule has 0 spiro atoms. The van der Waals surface area contributed by atoms with E-state index in [0.29, 0.717) is 30.3 Å². The van der Waals surface area contributed by atoms with E-state index in [9.17, 15) is 9.90 Å². The van der Waals surface area contributed by atoms with E-state index in [0.717, 1.165) is 6.42 Å². The van der Waals surface area contributed by atoms with E-state index in [4.69, 9.17) is 4.74 Å². The van der Waals surface area contributed by atoms with Gasteiger partial charge in [-0.05, 0) is 18.1 Å². The third kappa shape index (κ3) is 3.77. The lowest BCUT2D eigenvalue weighted by molar-refractivity contribution is 0.0985.